The van der Waals surface area contributed by atoms with Crippen molar-refractivity contribution in [3.8, 4) is 17.2 Å². The maximum atomic E-state index is 12.6. The van der Waals surface area contributed by atoms with E-state index in [2.05, 4.69) is 21.2 Å². The zero-order valence-electron chi connectivity index (χ0n) is 16.7. The van der Waals surface area contributed by atoms with Crippen molar-refractivity contribution in [2.75, 3.05) is 33.3 Å². The van der Waals surface area contributed by atoms with Gasteiger partial charge in [-0.05, 0) is 33.4 Å². The number of fused-ring (bicyclic) bond motifs is 1. The normalized spacial score (nSPS) is 10.4. The summed E-state index contributed by atoms with van der Waals surface area (Å²) in [7, 11) is 4.34. The van der Waals surface area contributed by atoms with Gasteiger partial charge in [0.15, 0.2) is 18.1 Å². The summed E-state index contributed by atoms with van der Waals surface area (Å²) in [5.41, 5.74) is 0.783. The van der Waals surface area contributed by atoms with Gasteiger partial charge in [-0.1, -0.05) is 36.4 Å². The van der Waals surface area contributed by atoms with Gasteiger partial charge in [0.1, 0.15) is 0 Å². The lowest BCUT2D eigenvalue weighted by atomic mass is 10.1. The fourth-order valence-corrected chi connectivity index (χ4v) is 3.62. The average molecular weight is 474 g/mol. The van der Waals surface area contributed by atoms with Crippen molar-refractivity contribution in [3.63, 3.8) is 0 Å². The Morgan fingerprint density at radius 2 is 1.63 bits per heavy atom. The second-order valence-electron chi connectivity index (χ2n) is 6.16. The van der Waals surface area contributed by atoms with Gasteiger partial charge in [0.05, 0.1) is 31.4 Å². The van der Waals surface area contributed by atoms with Crippen molar-refractivity contribution in [3.05, 3.63) is 58.6 Å². The third-order valence-corrected chi connectivity index (χ3v) is 5.17. The minimum atomic E-state index is -0.714. The van der Waals surface area contributed by atoms with Crippen LogP contribution in [-0.2, 0) is 9.53 Å². The molecule has 0 bridgehead atoms. The van der Waals surface area contributed by atoms with E-state index in [0.29, 0.717) is 21.7 Å². The fourth-order valence-electron chi connectivity index (χ4n) is 3.00. The van der Waals surface area contributed by atoms with Gasteiger partial charge in [-0.3, -0.25) is 4.79 Å². The molecule has 0 unspecified atom stereocenters. The van der Waals surface area contributed by atoms with Crippen LogP contribution in [0.1, 0.15) is 10.4 Å². The summed E-state index contributed by atoms with van der Waals surface area (Å²) in [6.07, 6.45) is 0. The van der Waals surface area contributed by atoms with E-state index >= 15 is 0 Å². The Labute approximate surface area is 182 Å². The van der Waals surface area contributed by atoms with Gasteiger partial charge in [-0.2, -0.15) is 0 Å². The van der Waals surface area contributed by atoms with Crippen molar-refractivity contribution in [1.82, 2.24) is 0 Å². The minimum absolute atomic E-state index is 0.141. The van der Waals surface area contributed by atoms with Crippen molar-refractivity contribution >= 4 is 44.3 Å². The third kappa shape index (κ3) is 4.33. The van der Waals surface area contributed by atoms with Gasteiger partial charge in [0, 0.05) is 11.1 Å². The lowest BCUT2D eigenvalue weighted by Gasteiger charge is -2.16. The predicted octanol–water partition coefficient (Wildman–Crippen LogP) is 4.42. The van der Waals surface area contributed by atoms with Gasteiger partial charge in [-0.25, -0.2) is 4.79 Å². The second kappa shape index (κ2) is 9.49. The molecule has 3 rings (SSSR count). The number of benzene rings is 3. The van der Waals surface area contributed by atoms with Crippen molar-refractivity contribution < 1.29 is 28.5 Å². The number of halogens is 1. The van der Waals surface area contributed by atoms with Crippen molar-refractivity contribution in [2.24, 2.45) is 0 Å². The van der Waals surface area contributed by atoms with Crippen molar-refractivity contribution in [2.45, 2.75) is 0 Å². The van der Waals surface area contributed by atoms with Gasteiger partial charge >= 0.3 is 5.97 Å². The molecule has 0 aliphatic rings. The van der Waals surface area contributed by atoms with E-state index in [-0.39, 0.29) is 11.3 Å². The molecule has 0 atom stereocenters. The molecular weight excluding hydrogens is 454 g/mol. The number of hydrogen-bond acceptors (Lipinski definition) is 6. The van der Waals surface area contributed by atoms with Crippen LogP contribution in [0.5, 0.6) is 17.2 Å². The Hall–Kier alpha value is -3.26. The molecule has 0 spiro atoms. The lowest BCUT2D eigenvalue weighted by Crippen LogP contribution is -2.21. The maximum absolute atomic E-state index is 12.6. The zero-order chi connectivity index (χ0) is 21.7. The highest BCUT2D eigenvalue weighted by Gasteiger charge is 2.24. The quantitative estimate of drug-likeness (QED) is 0.511. The Morgan fingerprint density at radius 3 is 2.33 bits per heavy atom. The Kier molecular flexibility index (Phi) is 6.79. The molecule has 3 aromatic rings. The molecule has 156 valence electrons. The smallest absolute Gasteiger partial charge is 0.340 e. The summed E-state index contributed by atoms with van der Waals surface area (Å²) in [4.78, 5) is 24.9. The molecule has 0 aliphatic carbocycles. The van der Waals surface area contributed by atoms with Crippen LogP contribution >= 0.6 is 15.9 Å². The number of anilines is 1. The van der Waals surface area contributed by atoms with E-state index in [0.717, 1.165) is 10.8 Å². The summed E-state index contributed by atoms with van der Waals surface area (Å²) >= 11 is 3.32. The van der Waals surface area contributed by atoms with Crippen LogP contribution in [-0.4, -0.2) is 39.8 Å². The molecule has 8 heteroatoms. The molecule has 1 N–H and O–H groups in total. The van der Waals surface area contributed by atoms with Crippen LogP contribution < -0.4 is 19.5 Å². The summed E-state index contributed by atoms with van der Waals surface area (Å²) in [6.45, 7) is -0.453. The van der Waals surface area contributed by atoms with Gasteiger partial charge in [-0.15, -0.1) is 0 Å². The molecule has 0 heterocycles. The van der Waals surface area contributed by atoms with Gasteiger partial charge < -0.3 is 24.3 Å². The fraction of sp³-hybridized carbons (Fsp3) is 0.182. The Balaban J connectivity index is 1.74. The molecular formula is C22H20BrNO6. The molecule has 1 amide bonds. The number of nitrogens with one attached hydrogen (secondary N) is 1. The molecule has 7 nitrogen and oxygen atoms in total. The highest BCUT2D eigenvalue weighted by molar-refractivity contribution is 9.10. The summed E-state index contributed by atoms with van der Waals surface area (Å²) in [5, 5.41) is 4.66. The first-order chi connectivity index (χ1) is 14.5. The highest BCUT2D eigenvalue weighted by Crippen LogP contribution is 2.44. The number of esters is 1. The molecule has 0 saturated heterocycles. The first-order valence-electron chi connectivity index (χ1n) is 8.93. The number of rotatable bonds is 7. The van der Waals surface area contributed by atoms with E-state index in [1.807, 2.05) is 36.4 Å². The standard InChI is InChI=1S/C22H20BrNO6/c1-27-17-11-15(19(23)21(29-3)20(17)28-2)22(26)30-12-18(25)24-16-10-6-8-13-7-4-5-9-14(13)16/h4-11H,12H2,1-3H3,(H,24,25). The topological polar surface area (TPSA) is 83.1 Å². The molecule has 0 saturated carbocycles. The number of carbonyl (C=O) groups is 2. The van der Waals surface area contributed by atoms with Crippen molar-refractivity contribution in [1.29, 1.82) is 0 Å². The largest absolute Gasteiger partial charge is 0.493 e. The van der Waals surface area contributed by atoms with Crippen LogP contribution in [0.2, 0.25) is 0 Å². The van der Waals surface area contributed by atoms with Crippen LogP contribution in [0.25, 0.3) is 10.8 Å². The number of carbonyl (C=O) groups excluding carboxylic acids is 2. The molecule has 0 aliphatic heterocycles. The lowest BCUT2D eigenvalue weighted by molar-refractivity contribution is -0.119. The highest BCUT2D eigenvalue weighted by atomic mass is 79.9. The first kappa shape index (κ1) is 21.4. The SMILES string of the molecule is COc1cc(C(=O)OCC(=O)Nc2cccc3ccccc23)c(Br)c(OC)c1OC. The van der Waals surface area contributed by atoms with E-state index in [1.165, 1.54) is 27.4 Å². The molecule has 3 aromatic carbocycles. The average Bonchev–Trinajstić information content (AvgIpc) is 2.77. The van der Waals surface area contributed by atoms with Gasteiger partial charge in [0.25, 0.3) is 5.91 Å². The van der Waals surface area contributed by atoms with Crippen LogP contribution in [0.4, 0.5) is 5.69 Å². The third-order valence-electron chi connectivity index (χ3n) is 4.39. The zero-order valence-corrected chi connectivity index (χ0v) is 18.2. The molecule has 0 radical (unpaired) electrons. The summed E-state index contributed by atoms with van der Waals surface area (Å²) in [6, 6.07) is 14.7. The van der Waals surface area contributed by atoms with Crippen LogP contribution in [0.3, 0.4) is 0 Å². The summed E-state index contributed by atoms with van der Waals surface area (Å²) in [5.74, 6) is -0.261. The predicted molar refractivity (Wildman–Crippen MR) is 117 cm³/mol. The summed E-state index contributed by atoms with van der Waals surface area (Å²) < 4.78 is 21.4. The van der Waals surface area contributed by atoms with E-state index in [1.54, 1.807) is 6.07 Å². The monoisotopic (exact) mass is 473 g/mol. The van der Waals surface area contributed by atoms with Gasteiger partial charge in [0.2, 0.25) is 5.75 Å². The second-order valence-corrected chi connectivity index (χ2v) is 6.95. The van der Waals surface area contributed by atoms with E-state index in [9.17, 15) is 9.59 Å². The maximum Gasteiger partial charge on any atom is 0.340 e. The molecule has 0 aromatic heterocycles. The minimum Gasteiger partial charge on any atom is -0.493 e. The molecule has 0 fully saturated rings. The number of ether oxygens (including phenoxy) is 4. The van der Waals surface area contributed by atoms with Crippen LogP contribution in [0.15, 0.2) is 53.0 Å². The van der Waals surface area contributed by atoms with E-state index in [4.69, 9.17) is 18.9 Å². The van der Waals surface area contributed by atoms with E-state index < -0.39 is 18.5 Å². The first-order valence-corrected chi connectivity index (χ1v) is 9.72. The number of hydrogen-bond donors (Lipinski definition) is 1. The van der Waals surface area contributed by atoms with Crippen LogP contribution in [0, 0.1) is 0 Å². The number of amides is 1. The Bertz CT molecular complexity index is 1090. The molecule has 30 heavy (non-hydrogen) atoms. The number of methoxy groups -OCH3 is 3. The Morgan fingerprint density at radius 1 is 0.933 bits per heavy atom.